The number of likely N-dealkylation sites (tertiary alicyclic amines) is 1. The SMILES string of the molecule is NC(=O)Oc1nn(CC(=O)N2[C@@H]3C[C@@H]3C[C@H]2C(=O)NCC(F)=C2CCCC2)c2ccccc12. The summed E-state index contributed by atoms with van der Waals surface area (Å²) < 4.78 is 20.8. The van der Waals surface area contributed by atoms with Gasteiger partial charge in [0.2, 0.25) is 11.8 Å². The number of benzene rings is 1. The summed E-state index contributed by atoms with van der Waals surface area (Å²) in [5, 5.41) is 7.48. The number of aromatic nitrogens is 2. The smallest absolute Gasteiger partial charge is 0.389 e. The van der Waals surface area contributed by atoms with Crippen LogP contribution in [0, 0.1) is 5.92 Å². The second kappa shape index (κ2) is 8.49. The number of carbonyl (C=O) groups is 3. The van der Waals surface area contributed by atoms with Crippen LogP contribution in [0.5, 0.6) is 5.88 Å². The Balaban J connectivity index is 1.30. The molecule has 3 atom stereocenters. The molecule has 174 valence electrons. The highest BCUT2D eigenvalue weighted by molar-refractivity contribution is 5.91. The van der Waals surface area contributed by atoms with E-state index in [2.05, 4.69) is 10.4 Å². The van der Waals surface area contributed by atoms with Crippen molar-refractivity contribution in [2.45, 2.75) is 57.2 Å². The van der Waals surface area contributed by atoms with Gasteiger partial charge in [-0.1, -0.05) is 12.1 Å². The molecule has 5 rings (SSSR count). The number of ether oxygens (including phenoxy) is 1. The molecule has 0 spiro atoms. The lowest BCUT2D eigenvalue weighted by Gasteiger charge is -2.27. The second-order valence-corrected chi connectivity index (χ2v) is 8.95. The summed E-state index contributed by atoms with van der Waals surface area (Å²) in [5.41, 5.74) is 6.53. The van der Waals surface area contributed by atoms with Gasteiger partial charge in [-0.3, -0.25) is 14.3 Å². The highest BCUT2D eigenvalue weighted by atomic mass is 19.1. The number of carbonyl (C=O) groups excluding carboxylic acids is 3. The van der Waals surface area contributed by atoms with Gasteiger partial charge in [0.1, 0.15) is 18.4 Å². The van der Waals surface area contributed by atoms with Crippen molar-refractivity contribution in [2.24, 2.45) is 11.7 Å². The summed E-state index contributed by atoms with van der Waals surface area (Å²) in [4.78, 5) is 38.9. The van der Waals surface area contributed by atoms with Crippen molar-refractivity contribution in [3.8, 4) is 5.88 Å². The predicted molar refractivity (Wildman–Crippen MR) is 117 cm³/mol. The Hall–Kier alpha value is -3.43. The molecule has 9 nitrogen and oxygen atoms in total. The number of nitrogens with two attached hydrogens (primary N) is 1. The van der Waals surface area contributed by atoms with E-state index in [9.17, 15) is 18.8 Å². The fraction of sp³-hybridized carbons (Fsp3) is 0.478. The van der Waals surface area contributed by atoms with Crippen LogP contribution in [0.4, 0.5) is 9.18 Å². The molecule has 2 saturated carbocycles. The van der Waals surface area contributed by atoms with E-state index < -0.39 is 12.1 Å². The first-order valence-electron chi connectivity index (χ1n) is 11.3. The number of primary amides is 1. The van der Waals surface area contributed by atoms with Crippen molar-refractivity contribution < 1.29 is 23.5 Å². The zero-order chi connectivity index (χ0) is 23.1. The number of nitrogens with one attached hydrogen (secondary N) is 1. The van der Waals surface area contributed by atoms with E-state index in [4.69, 9.17) is 10.5 Å². The van der Waals surface area contributed by atoms with Crippen LogP contribution < -0.4 is 15.8 Å². The van der Waals surface area contributed by atoms with E-state index >= 15 is 0 Å². The Morgan fingerprint density at radius 2 is 1.94 bits per heavy atom. The highest BCUT2D eigenvalue weighted by Gasteiger charge is 2.56. The van der Waals surface area contributed by atoms with Gasteiger partial charge in [0.05, 0.1) is 17.4 Å². The molecule has 3 amide bonds. The van der Waals surface area contributed by atoms with Crippen LogP contribution in [0.3, 0.4) is 0 Å². The molecule has 0 unspecified atom stereocenters. The van der Waals surface area contributed by atoms with Crippen molar-refractivity contribution in [2.75, 3.05) is 6.54 Å². The molecule has 2 aliphatic carbocycles. The molecule has 1 aromatic heterocycles. The van der Waals surface area contributed by atoms with E-state index in [-0.39, 0.29) is 42.7 Å². The van der Waals surface area contributed by atoms with Crippen molar-refractivity contribution in [3.05, 3.63) is 35.7 Å². The maximum atomic E-state index is 14.4. The number of hydrogen-bond acceptors (Lipinski definition) is 5. The Morgan fingerprint density at radius 3 is 2.70 bits per heavy atom. The molecule has 3 fully saturated rings. The first kappa shape index (κ1) is 21.4. The van der Waals surface area contributed by atoms with Gasteiger partial charge in [-0.05, 0) is 62.1 Å². The largest absolute Gasteiger partial charge is 0.411 e. The number of allylic oxidation sites excluding steroid dienone is 1. The number of rotatable bonds is 6. The average Bonchev–Trinajstić information content (AvgIpc) is 3.15. The van der Waals surface area contributed by atoms with Gasteiger partial charge in [-0.2, -0.15) is 0 Å². The first-order chi connectivity index (χ1) is 15.9. The molecule has 2 heterocycles. The van der Waals surface area contributed by atoms with Gasteiger partial charge >= 0.3 is 6.09 Å². The van der Waals surface area contributed by atoms with E-state index in [0.29, 0.717) is 23.2 Å². The minimum absolute atomic E-state index is 0.0226. The first-order valence-corrected chi connectivity index (χ1v) is 11.3. The average molecular weight is 455 g/mol. The van der Waals surface area contributed by atoms with Gasteiger partial charge in [0, 0.05) is 6.04 Å². The minimum atomic E-state index is -0.992. The van der Waals surface area contributed by atoms with Crippen LogP contribution in [-0.4, -0.2) is 51.2 Å². The standard InChI is InChI=1S/C23H26FN5O4/c24-16(13-5-1-2-6-13)11-26-21(31)19-10-14-9-18(14)29(19)20(30)12-28-17-8-4-3-7-15(17)22(27-28)33-23(25)32/h3-4,7-8,14,18-19H,1-2,5-6,9-12H2,(H2,25,32)(H,26,31)/t14-,18-,19+/m1/s1. The number of nitrogens with zero attached hydrogens (tertiary/aromatic N) is 3. The molecule has 0 radical (unpaired) electrons. The van der Waals surface area contributed by atoms with Crippen LogP contribution in [-0.2, 0) is 16.1 Å². The second-order valence-electron chi connectivity index (χ2n) is 8.95. The number of halogens is 1. The lowest BCUT2D eigenvalue weighted by atomic mass is 10.1. The molecule has 0 bridgehead atoms. The summed E-state index contributed by atoms with van der Waals surface area (Å²) in [6, 6.07) is 6.43. The third-order valence-electron chi connectivity index (χ3n) is 6.81. The number of amides is 3. The molecular formula is C23H26FN5O4. The van der Waals surface area contributed by atoms with Gasteiger partial charge < -0.3 is 20.7 Å². The quantitative estimate of drug-likeness (QED) is 0.693. The van der Waals surface area contributed by atoms with Gasteiger partial charge in [-0.15, -0.1) is 5.10 Å². The monoisotopic (exact) mass is 455 g/mol. The summed E-state index contributed by atoms with van der Waals surface area (Å²) >= 11 is 0. The summed E-state index contributed by atoms with van der Waals surface area (Å²) in [7, 11) is 0. The van der Waals surface area contributed by atoms with Crippen molar-refractivity contribution in [1.29, 1.82) is 0 Å². The van der Waals surface area contributed by atoms with Crippen LogP contribution in [0.2, 0.25) is 0 Å². The molecule has 1 aliphatic heterocycles. The van der Waals surface area contributed by atoms with Crippen LogP contribution in [0.15, 0.2) is 35.7 Å². The third kappa shape index (κ3) is 4.17. The molecular weight excluding hydrogens is 429 g/mol. The van der Waals surface area contributed by atoms with Crippen LogP contribution in [0.25, 0.3) is 10.9 Å². The Kier molecular flexibility index (Phi) is 5.51. The Labute approximate surface area is 189 Å². The molecule has 2 aromatic rings. The third-order valence-corrected chi connectivity index (χ3v) is 6.81. The predicted octanol–water partition coefficient (Wildman–Crippen LogP) is 2.40. The van der Waals surface area contributed by atoms with Crippen molar-refractivity contribution in [3.63, 3.8) is 0 Å². The molecule has 3 aliphatic rings. The van der Waals surface area contributed by atoms with E-state index in [1.807, 2.05) is 0 Å². The zero-order valence-electron chi connectivity index (χ0n) is 18.1. The van der Waals surface area contributed by atoms with Gasteiger partial charge in [0.15, 0.2) is 0 Å². The summed E-state index contributed by atoms with van der Waals surface area (Å²) in [6.07, 6.45) is 3.92. The van der Waals surface area contributed by atoms with Gasteiger partial charge in [-0.25, -0.2) is 9.18 Å². The minimum Gasteiger partial charge on any atom is -0.389 e. The van der Waals surface area contributed by atoms with Crippen LogP contribution in [0.1, 0.15) is 38.5 Å². The van der Waals surface area contributed by atoms with Crippen molar-refractivity contribution in [1.82, 2.24) is 20.0 Å². The van der Waals surface area contributed by atoms with Crippen molar-refractivity contribution >= 4 is 28.8 Å². The van der Waals surface area contributed by atoms with E-state index in [1.54, 1.807) is 29.2 Å². The number of piperidine rings is 1. The number of hydrogen-bond donors (Lipinski definition) is 2. The fourth-order valence-electron chi connectivity index (χ4n) is 5.13. The molecule has 1 aromatic carbocycles. The lowest BCUT2D eigenvalue weighted by molar-refractivity contribution is -0.140. The van der Waals surface area contributed by atoms with E-state index in [1.165, 1.54) is 4.68 Å². The highest BCUT2D eigenvalue weighted by Crippen LogP contribution is 2.48. The van der Waals surface area contributed by atoms with E-state index in [0.717, 1.165) is 37.7 Å². The van der Waals surface area contributed by atoms with Gasteiger partial charge in [0.25, 0.3) is 5.88 Å². The summed E-state index contributed by atoms with van der Waals surface area (Å²) in [6.45, 7) is -0.242. The zero-order valence-corrected chi connectivity index (χ0v) is 18.1. The fourth-order valence-corrected chi connectivity index (χ4v) is 5.13. The number of fused-ring (bicyclic) bond motifs is 2. The maximum Gasteiger partial charge on any atom is 0.411 e. The Morgan fingerprint density at radius 1 is 1.18 bits per heavy atom. The maximum absolute atomic E-state index is 14.4. The van der Waals surface area contributed by atoms with Crippen LogP contribution >= 0.6 is 0 Å². The summed E-state index contributed by atoms with van der Waals surface area (Å²) in [5.74, 6) is -0.514. The Bertz CT molecular complexity index is 1150. The molecule has 1 saturated heterocycles. The lowest BCUT2D eigenvalue weighted by Crippen LogP contribution is -2.49. The molecule has 33 heavy (non-hydrogen) atoms. The number of para-hydroxylation sites is 1. The normalized spacial score (nSPS) is 23.5. The topological polar surface area (TPSA) is 120 Å². The molecule has 3 N–H and O–H groups in total. The molecule has 10 heteroatoms.